The Bertz CT molecular complexity index is 582. The molecule has 136 valence electrons. The Kier molecular flexibility index (Phi) is 8.09. The Labute approximate surface area is 148 Å². The van der Waals surface area contributed by atoms with Crippen molar-refractivity contribution in [3.63, 3.8) is 0 Å². The van der Waals surface area contributed by atoms with E-state index in [1.54, 1.807) is 0 Å². The Morgan fingerprint density at radius 3 is 1.84 bits per heavy atom. The van der Waals surface area contributed by atoms with Crippen LogP contribution in [-0.2, 0) is 0 Å². The molecular formula is C19H27N3O3. The predicted molar refractivity (Wildman–Crippen MR) is 98.8 cm³/mol. The first-order chi connectivity index (χ1) is 12.2. The SMILES string of the molecule is O=C(NN=C1CCCCCCCCCCC1)c1ccc([N+](=O)[O-])cc1. The molecule has 0 bridgehead atoms. The second-order valence-electron chi connectivity index (χ2n) is 6.60. The topological polar surface area (TPSA) is 84.6 Å². The Morgan fingerprint density at radius 2 is 1.36 bits per heavy atom. The van der Waals surface area contributed by atoms with Gasteiger partial charge in [-0.3, -0.25) is 14.9 Å². The Hall–Kier alpha value is -2.24. The molecule has 1 amide bonds. The van der Waals surface area contributed by atoms with Gasteiger partial charge < -0.3 is 0 Å². The molecule has 25 heavy (non-hydrogen) atoms. The maximum absolute atomic E-state index is 12.2. The van der Waals surface area contributed by atoms with E-state index in [-0.39, 0.29) is 11.6 Å². The molecule has 0 aromatic heterocycles. The summed E-state index contributed by atoms with van der Waals surface area (Å²) in [4.78, 5) is 22.3. The Balaban J connectivity index is 1.91. The predicted octanol–water partition coefficient (Wildman–Crippen LogP) is 4.99. The van der Waals surface area contributed by atoms with Crippen molar-refractivity contribution in [1.29, 1.82) is 0 Å². The highest BCUT2D eigenvalue weighted by molar-refractivity contribution is 5.95. The van der Waals surface area contributed by atoms with Crippen LogP contribution in [-0.4, -0.2) is 16.5 Å². The van der Waals surface area contributed by atoms with Crippen LogP contribution in [0.2, 0.25) is 0 Å². The maximum Gasteiger partial charge on any atom is 0.271 e. The van der Waals surface area contributed by atoms with Crippen LogP contribution in [0.25, 0.3) is 0 Å². The first-order valence-corrected chi connectivity index (χ1v) is 9.27. The number of hydrazone groups is 1. The summed E-state index contributed by atoms with van der Waals surface area (Å²) in [5.41, 5.74) is 4.01. The van der Waals surface area contributed by atoms with Crippen LogP contribution in [0.1, 0.15) is 81.0 Å². The van der Waals surface area contributed by atoms with Crippen LogP contribution in [0.3, 0.4) is 0 Å². The highest BCUT2D eigenvalue weighted by Crippen LogP contribution is 2.16. The largest absolute Gasteiger partial charge is 0.271 e. The summed E-state index contributed by atoms with van der Waals surface area (Å²) in [5.74, 6) is -0.325. The van der Waals surface area contributed by atoms with Crippen molar-refractivity contribution >= 4 is 17.3 Å². The fourth-order valence-electron chi connectivity index (χ4n) is 3.06. The number of nitro groups is 1. The van der Waals surface area contributed by atoms with E-state index in [9.17, 15) is 14.9 Å². The molecule has 1 N–H and O–H groups in total. The van der Waals surface area contributed by atoms with Gasteiger partial charge in [0.25, 0.3) is 11.6 Å². The first kappa shape index (κ1) is 19.1. The highest BCUT2D eigenvalue weighted by Gasteiger charge is 2.09. The highest BCUT2D eigenvalue weighted by atomic mass is 16.6. The molecule has 1 aromatic carbocycles. The van der Waals surface area contributed by atoms with Crippen molar-refractivity contribution in [2.75, 3.05) is 0 Å². The molecule has 0 saturated heterocycles. The summed E-state index contributed by atoms with van der Waals surface area (Å²) in [6, 6.07) is 5.57. The summed E-state index contributed by atoms with van der Waals surface area (Å²) in [7, 11) is 0. The van der Waals surface area contributed by atoms with E-state index in [0.29, 0.717) is 5.56 Å². The third-order valence-corrected chi connectivity index (χ3v) is 4.59. The molecule has 0 radical (unpaired) electrons. The van der Waals surface area contributed by atoms with Gasteiger partial charge in [-0.2, -0.15) is 5.10 Å². The number of rotatable bonds is 3. The number of nitrogens with one attached hydrogen (secondary N) is 1. The van der Waals surface area contributed by atoms with E-state index in [0.717, 1.165) is 31.4 Å². The summed E-state index contributed by atoms with van der Waals surface area (Å²) in [6.07, 6.45) is 13.1. The number of nitrogens with zero attached hydrogens (tertiary/aromatic N) is 2. The van der Waals surface area contributed by atoms with Gasteiger partial charge in [-0.1, -0.05) is 44.9 Å². The minimum absolute atomic E-state index is 0.0258. The molecule has 1 aliphatic carbocycles. The molecule has 0 aliphatic heterocycles. The number of hydrogen-bond donors (Lipinski definition) is 1. The lowest BCUT2D eigenvalue weighted by atomic mass is 10.00. The fraction of sp³-hybridized carbons (Fsp3) is 0.579. The van der Waals surface area contributed by atoms with Gasteiger partial charge >= 0.3 is 0 Å². The van der Waals surface area contributed by atoms with Gasteiger partial charge in [-0.25, -0.2) is 5.43 Å². The molecule has 6 nitrogen and oxygen atoms in total. The zero-order valence-electron chi connectivity index (χ0n) is 14.7. The second kappa shape index (κ2) is 10.6. The number of hydrogen-bond acceptors (Lipinski definition) is 4. The molecule has 6 heteroatoms. The maximum atomic E-state index is 12.2. The Morgan fingerprint density at radius 1 is 0.880 bits per heavy atom. The standard InChI is InChI=1S/C19H27N3O3/c23-19(16-12-14-18(15-13-16)22(24)25)21-20-17-10-8-6-4-2-1-3-5-7-9-11-17/h12-15H,1-11H2,(H,21,23). The number of benzene rings is 1. The molecule has 0 unspecified atom stereocenters. The number of amides is 1. The van der Waals surface area contributed by atoms with E-state index < -0.39 is 4.92 Å². The van der Waals surface area contributed by atoms with Crippen molar-refractivity contribution in [3.05, 3.63) is 39.9 Å². The van der Waals surface area contributed by atoms with Crippen LogP contribution >= 0.6 is 0 Å². The van der Waals surface area contributed by atoms with E-state index in [2.05, 4.69) is 10.5 Å². The summed E-state index contributed by atoms with van der Waals surface area (Å²) < 4.78 is 0. The van der Waals surface area contributed by atoms with Gasteiger partial charge in [-0.15, -0.1) is 0 Å². The summed E-state index contributed by atoms with van der Waals surface area (Å²) in [6.45, 7) is 0. The smallest absolute Gasteiger partial charge is 0.267 e. The van der Waals surface area contributed by atoms with Gasteiger partial charge in [0, 0.05) is 23.4 Å². The molecule has 1 aliphatic rings. The van der Waals surface area contributed by atoms with E-state index >= 15 is 0 Å². The lowest BCUT2D eigenvalue weighted by Crippen LogP contribution is -2.20. The molecule has 0 heterocycles. The average molecular weight is 345 g/mol. The van der Waals surface area contributed by atoms with Crippen LogP contribution in [0.15, 0.2) is 29.4 Å². The van der Waals surface area contributed by atoms with Gasteiger partial charge in [0.15, 0.2) is 0 Å². The fourth-order valence-corrected chi connectivity index (χ4v) is 3.06. The summed E-state index contributed by atoms with van der Waals surface area (Å²) >= 11 is 0. The van der Waals surface area contributed by atoms with Crippen LogP contribution in [0, 0.1) is 10.1 Å². The van der Waals surface area contributed by atoms with Crippen molar-refractivity contribution in [3.8, 4) is 0 Å². The van der Waals surface area contributed by atoms with Crippen molar-refractivity contribution in [2.45, 2.75) is 70.6 Å². The zero-order valence-corrected chi connectivity index (χ0v) is 14.7. The zero-order chi connectivity index (χ0) is 17.9. The van der Waals surface area contributed by atoms with Gasteiger partial charge in [0.05, 0.1) is 4.92 Å². The second-order valence-corrected chi connectivity index (χ2v) is 6.60. The van der Waals surface area contributed by atoms with Gasteiger partial charge in [0.1, 0.15) is 0 Å². The minimum atomic E-state index is -0.479. The molecular weight excluding hydrogens is 318 g/mol. The van der Waals surface area contributed by atoms with E-state index in [4.69, 9.17) is 0 Å². The van der Waals surface area contributed by atoms with Crippen molar-refractivity contribution in [1.82, 2.24) is 5.43 Å². The molecule has 1 aromatic rings. The van der Waals surface area contributed by atoms with Crippen molar-refractivity contribution < 1.29 is 9.72 Å². The molecule has 0 atom stereocenters. The average Bonchev–Trinajstić information content (AvgIpc) is 2.61. The van der Waals surface area contributed by atoms with E-state index in [1.165, 1.54) is 69.2 Å². The monoisotopic (exact) mass is 345 g/mol. The normalized spacial score (nSPS) is 17.0. The third-order valence-electron chi connectivity index (χ3n) is 4.59. The number of nitro benzene ring substituents is 1. The quantitative estimate of drug-likeness (QED) is 0.619. The molecule has 0 spiro atoms. The molecule has 1 fully saturated rings. The number of carbonyl (C=O) groups is 1. The lowest BCUT2D eigenvalue weighted by molar-refractivity contribution is -0.384. The minimum Gasteiger partial charge on any atom is -0.267 e. The number of non-ortho nitro benzene ring substituents is 1. The van der Waals surface area contributed by atoms with Gasteiger partial charge in [-0.05, 0) is 37.8 Å². The van der Waals surface area contributed by atoms with Crippen LogP contribution in [0.5, 0.6) is 0 Å². The third kappa shape index (κ3) is 7.03. The van der Waals surface area contributed by atoms with Crippen molar-refractivity contribution in [2.24, 2.45) is 5.10 Å². The molecule has 2 rings (SSSR count). The van der Waals surface area contributed by atoms with Crippen LogP contribution in [0.4, 0.5) is 5.69 Å². The summed E-state index contributed by atoms with van der Waals surface area (Å²) in [5, 5.41) is 15.0. The lowest BCUT2D eigenvalue weighted by Gasteiger charge is -2.09. The van der Waals surface area contributed by atoms with E-state index in [1.807, 2.05) is 0 Å². The molecule has 1 saturated carbocycles. The van der Waals surface area contributed by atoms with Gasteiger partial charge in [0.2, 0.25) is 0 Å². The number of carbonyl (C=O) groups excluding carboxylic acids is 1. The van der Waals surface area contributed by atoms with Crippen LogP contribution < -0.4 is 5.43 Å². The first-order valence-electron chi connectivity index (χ1n) is 9.27.